The molecule has 1 N–H and O–H groups in total. The van der Waals surface area contributed by atoms with Gasteiger partial charge in [-0.3, -0.25) is 9.59 Å². The Bertz CT molecular complexity index is 779. The minimum Gasteiger partial charge on any atom is -0.493 e. The van der Waals surface area contributed by atoms with Gasteiger partial charge in [-0.2, -0.15) is 0 Å². The Hall–Kier alpha value is -2.89. The average Bonchev–Trinajstić information content (AvgIpc) is 2.70. The van der Waals surface area contributed by atoms with Crippen LogP contribution in [0.1, 0.15) is 24.8 Å². The molecule has 6 nitrogen and oxygen atoms in total. The number of para-hydroxylation sites is 1. The summed E-state index contributed by atoms with van der Waals surface area (Å²) in [5.41, 5.74) is 0.924. The number of carbonyl (C=O) groups is 2. The largest absolute Gasteiger partial charge is 0.493 e. The van der Waals surface area contributed by atoms with Gasteiger partial charge in [0.2, 0.25) is 11.8 Å². The molecule has 27 heavy (non-hydrogen) atoms. The van der Waals surface area contributed by atoms with Crippen molar-refractivity contribution in [1.29, 1.82) is 0 Å². The van der Waals surface area contributed by atoms with E-state index in [0.29, 0.717) is 31.9 Å². The predicted octanol–water partition coefficient (Wildman–Crippen LogP) is 3.04. The highest BCUT2D eigenvalue weighted by molar-refractivity contribution is 5.92. The van der Waals surface area contributed by atoms with Crippen LogP contribution >= 0.6 is 0 Å². The lowest BCUT2D eigenvalue weighted by Gasteiger charge is -2.32. The van der Waals surface area contributed by atoms with Crippen molar-refractivity contribution in [3.8, 4) is 5.75 Å². The van der Waals surface area contributed by atoms with E-state index < -0.39 is 0 Å². The number of ether oxygens (including phenoxy) is 1. The summed E-state index contributed by atoms with van der Waals surface area (Å²) in [5.74, 6) is 1.08. The maximum atomic E-state index is 12.6. The lowest BCUT2D eigenvalue weighted by Crippen LogP contribution is -2.44. The van der Waals surface area contributed by atoms with E-state index in [2.05, 4.69) is 10.3 Å². The molecule has 1 aliphatic rings. The van der Waals surface area contributed by atoms with Crippen LogP contribution in [0.5, 0.6) is 5.75 Å². The summed E-state index contributed by atoms with van der Waals surface area (Å²) >= 11 is 0. The van der Waals surface area contributed by atoms with Crippen LogP contribution in [0.3, 0.4) is 0 Å². The molecule has 0 radical (unpaired) electrons. The molecule has 142 valence electrons. The van der Waals surface area contributed by atoms with Crippen molar-refractivity contribution < 1.29 is 14.3 Å². The zero-order valence-corrected chi connectivity index (χ0v) is 15.6. The summed E-state index contributed by atoms with van der Waals surface area (Å²) < 4.78 is 5.60. The second kappa shape index (κ2) is 9.16. The number of carbonyl (C=O) groups excluding carboxylic acids is 2. The van der Waals surface area contributed by atoms with Crippen LogP contribution in [0.2, 0.25) is 0 Å². The number of hydrogen-bond donors (Lipinski definition) is 1. The lowest BCUT2D eigenvalue weighted by atomic mass is 9.96. The van der Waals surface area contributed by atoms with Crippen molar-refractivity contribution in [3.63, 3.8) is 0 Å². The van der Waals surface area contributed by atoms with Crippen LogP contribution in [0, 0.1) is 12.8 Å². The summed E-state index contributed by atoms with van der Waals surface area (Å²) in [4.78, 5) is 31.0. The quantitative estimate of drug-likeness (QED) is 0.852. The molecule has 1 atom stereocenters. The summed E-state index contributed by atoms with van der Waals surface area (Å²) in [7, 11) is 0. The fourth-order valence-electron chi connectivity index (χ4n) is 3.18. The molecule has 1 fully saturated rings. The fourth-order valence-corrected chi connectivity index (χ4v) is 3.18. The van der Waals surface area contributed by atoms with Crippen LogP contribution in [-0.4, -0.2) is 41.4 Å². The first kappa shape index (κ1) is 18.9. The van der Waals surface area contributed by atoms with Crippen molar-refractivity contribution in [3.05, 3.63) is 54.2 Å². The molecule has 1 aliphatic heterocycles. The Kier molecular flexibility index (Phi) is 6.41. The Balaban J connectivity index is 1.48. The van der Waals surface area contributed by atoms with Crippen LogP contribution < -0.4 is 10.1 Å². The highest BCUT2D eigenvalue weighted by Gasteiger charge is 2.28. The number of rotatable bonds is 6. The van der Waals surface area contributed by atoms with Crippen molar-refractivity contribution in [2.75, 3.05) is 25.0 Å². The first-order chi connectivity index (χ1) is 13.1. The van der Waals surface area contributed by atoms with E-state index in [4.69, 9.17) is 4.74 Å². The van der Waals surface area contributed by atoms with Crippen molar-refractivity contribution in [2.45, 2.75) is 26.2 Å². The lowest BCUT2D eigenvalue weighted by molar-refractivity contribution is -0.135. The minimum absolute atomic E-state index is 0.0254. The van der Waals surface area contributed by atoms with E-state index in [1.807, 2.05) is 49.4 Å². The molecule has 2 amide bonds. The second-order valence-corrected chi connectivity index (χ2v) is 6.75. The van der Waals surface area contributed by atoms with Crippen LogP contribution in [-0.2, 0) is 9.59 Å². The van der Waals surface area contributed by atoms with Gasteiger partial charge in [0.05, 0.1) is 18.9 Å². The van der Waals surface area contributed by atoms with Gasteiger partial charge >= 0.3 is 0 Å². The zero-order chi connectivity index (χ0) is 19.1. The number of anilines is 1. The molecule has 1 aromatic heterocycles. The van der Waals surface area contributed by atoms with Gasteiger partial charge in [0, 0.05) is 19.3 Å². The number of hydrogen-bond acceptors (Lipinski definition) is 4. The molecule has 0 bridgehead atoms. The minimum atomic E-state index is -0.209. The molecule has 6 heteroatoms. The summed E-state index contributed by atoms with van der Waals surface area (Å²) in [5, 5.41) is 2.89. The fraction of sp³-hybridized carbons (Fsp3) is 0.381. The molecule has 0 spiro atoms. The number of benzene rings is 1. The van der Waals surface area contributed by atoms with Gasteiger partial charge in [-0.05, 0) is 43.5 Å². The third-order valence-corrected chi connectivity index (χ3v) is 4.72. The number of nitrogens with one attached hydrogen (secondary N) is 1. The highest BCUT2D eigenvalue weighted by Crippen LogP contribution is 2.20. The standard InChI is InChI=1S/C21H25N3O3/c1-16-7-5-12-22-20(16)23-21(26)17-8-6-13-24(15-17)19(25)11-14-27-18-9-3-2-4-10-18/h2-5,7,9-10,12,17H,6,8,11,13-15H2,1H3,(H,22,23,26). The molecule has 2 aromatic rings. The predicted molar refractivity (Wildman–Crippen MR) is 103 cm³/mol. The normalized spacial score (nSPS) is 16.6. The first-order valence-corrected chi connectivity index (χ1v) is 9.31. The third-order valence-electron chi connectivity index (χ3n) is 4.72. The summed E-state index contributed by atoms with van der Waals surface area (Å²) in [6.45, 7) is 3.38. The zero-order valence-electron chi connectivity index (χ0n) is 15.6. The molecule has 1 unspecified atom stereocenters. The highest BCUT2D eigenvalue weighted by atomic mass is 16.5. The van der Waals surface area contributed by atoms with E-state index in [0.717, 1.165) is 24.2 Å². The van der Waals surface area contributed by atoms with E-state index in [9.17, 15) is 9.59 Å². The smallest absolute Gasteiger partial charge is 0.230 e. The van der Waals surface area contributed by atoms with Crippen molar-refractivity contribution >= 4 is 17.6 Å². The van der Waals surface area contributed by atoms with Gasteiger partial charge in [-0.15, -0.1) is 0 Å². The van der Waals surface area contributed by atoms with Gasteiger partial charge in [-0.1, -0.05) is 24.3 Å². The van der Waals surface area contributed by atoms with E-state index >= 15 is 0 Å². The topological polar surface area (TPSA) is 71.5 Å². The molecular weight excluding hydrogens is 342 g/mol. The molecule has 0 saturated carbocycles. The Morgan fingerprint density at radius 1 is 1.22 bits per heavy atom. The Morgan fingerprint density at radius 3 is 2.81 bits per heavy atom. The number of likely N-dealkylation sites (tertiary alicyclic amines) is 1. The molecule has 1 aromatic carbocycles. The van der Waals surface area contributed by atoms with Crippen LogP contribution in [0.4, 0.5) is 5.82 Å². The number of pyridine rings is 1. The number of nitrogens with zero attached hydrogens (tertiary/aromatic N) is 2. The van der Waals surface area contributed by atoms with Crippen LogP contribution in [0.25, 0.3) is 0 Å². The monoisotopic (exact) mass is 367 g/mol. The van der Waals surface area contributed by atoms with Gasteiger partial charge < -0.3 is 15.0 Å². The molecule has 0 aliphatic carbocycles. The average molecular weight is 367 g/mol. The molecule has 2 heterocycles. The molecular formula is C21H25N3O3. The second-order valence-electron chi connectivity index (χ2n) is 6.75. The Labute approximate surface area is 159 Å². The SMILES string of the molecule is Cc1cccnc1NC(=O)C1CCCN(C(=O)CCOc2ccccc2)C1. The first-order valence-electron chi connectivity index (χ1n) is 9.31. The Morgan fingerprint density at radius 2 is 2.04 bits per heavy atom. The van der Waals surface area contributed by atoms with E-state index in [1.165, 1.54) is 0 Å². The maximum Gasteiger partial charge on any atom is 0.230 e. The summed E-state index contributed by atoms with van der Waals surface area (Å²) in [6.07, 6.45) is 3.57. The van der Waals surface area contributed by atoms with Gasteiger partial charge in [0.15, 0.2) is 0 Å². The van der Waals surface area contributed by atoms with Gasteiger partial charge in [0.1, 0.15) is 11.6 Å². The van der Waals surface area contributed by atoms with Gasteiger partial charge in [-0.25, -0.2) is 4.98 Å². The van der Waals surface area contributed by atoms with Crippen molar-refractivity contribution in [2.24, 2.45) is 5.92 Å². The number of amides is 2. The van der Waals surface area contributed by atoms with E-state index in [-0.39, 0.29) is 17.7 Å². The van der Waals surface area contributed by atoms with Crippen molar-refractivity contribution in [1.82, 2.24) is 9.88 Å². The van der Waals surface area contributed by atoms with E-state index in [1.54, 1.807) is 11.1 Å². The van der Waals surface area contributed by atoms with Crippen LogP contribution in [0.15, 0.2) is 48.7 Å². The van der Waals surface area contributed by atoms with Gasteiger partial charge in [0.25, 0.3) is 0 Å². The number of aromatic nitrogens is 1. The summed E-state index contributed by atoms with van der Waals surface area (Å²) in [6, 6.07) is 13.2. The molecule has 3 rings (SSSR count). The number of aryl methyl sites for hydroxylation is 1. The number of piperidine rings is 1. The maximum absolute atomic E-state index is 12.6. The third kappa shape index (κ3) is 5.29. The molecule has 1 saturated heterocycles.